The van der Waals surface area contributed by atoms with Gasteiger partial charge < -0.3 is 19.4 Å². The molecular formula is C71H132N2O7P+. The van der Waals surface area contributed by atoms with Crippen LogP contribution in [-0.4, -0.2) is 74.3 Å². The van der Waals surface area contributed by atoms with Crippen molar-refractivity contribution in [1.29, 1.82) is 0 Å². The Kier molecular flexibility index (Phi) is 58.7. The fraction of sp³-hybridized carbons (Fsp3) is 0.803. The molecular weight excluding hydrogens is 1020 g/mol. The van der Waals surface area contributed by atoms with Gasteiger partial charge in [0.25, 0.3) is 0 Å². The van der Waals surface area contributed by atoms with E-state index >= 15 is 0 Å². The third-order valence-electron chi connectivity index (χ3n) is 15.2. The van der Waals surface area contributed by atoms with E-state index in [4.69, 9.17) is 13.8 Å². The van der Waals surface area contributed by atoms with Crippen molar-refractivity contribution in [3.63, 3.8) is 0 Å². The number of phosphoric acid groups is 1. The van der Waals surface area contributed by atoms with E-state index in [-0.39, 0.29) is 31.5 Å². The number of unbranched alkanes of at least 4 members (excludes halogenated alkanes) is 36. The molecule has 1 amide bonds. The number of carbonyl (C=O) groups is 2. The summed E-state index contributed by atoms with van der Waals surface area (Å²) >= 11 is 0. The number of rotatable bonds is 62. The molecule has 3 atom stereocenters. The van der Waals surface area contributed by atoms with Gasteiger partial charge in [0.15, 0.2) is 0 Å². The van der Waals surface area contributed by atoms with Gasteiger partial charge in [-0.15, -0.1) is 0 Å². The van der Waals surface area contributed by atoms with E-state index in [1.165, 1.54) is 173 Å². The van der Waals surface area contributed by atoms with Crippen molar-refractivity contribution in [1.82, 2.24) is 5.32 Å². The number of amides is 1. The largest absolute Gasteiger partial charge is 0.472 e. The second-order valence-electron chi connectivity index (χ2n) is 24.3. The smallest absolute Gasteiger partial charge is 0.456 e. The van der Waals surface area contributed by atoms with Crippen molar-refractivity contribution in [2.75, 3.05) is 40.9 Å². The zero-order valence-corrected chi connectivity index (χ0v) is 54.9. The second kappa shape index (κ2) is 60.6. The normalized spacial score (nSPS) is 14.0. The van der Waals surface area contributed by atoms with Gasteiger partial charge in [0.1, 0.15) is 19.3 Å². The van der Waals surface area contributed by atoms with Crippen molar-refractivity contribution >= 4 is 19.7 Å². The lowest BCUT2D eigenvalue weighted by molar-refractivity contribution is -0.870. The topological polar surface area (TPSA) is 111 Å². The molecule has 0 saturated heterocycles. The molecule has 0 rings (SSSR count). The number of phosphoric ester groups is 1. The van der Waals surface area contributed by atoms with E-state index in [1.54, 1.807) is 0 Å². The number of hydrogen-bond acceptors (Lipinski definition) is 6. The monoisotopic (exact) mass is 1160 g/mol. The van der Waals surface area contributed by atoms with E-state index in [0.717, 1.165) is 109 Å². The molecule has 0 heterocycles. The maximum absolute atomic E-state index is 13.6. The first-order valence-electron chi connectivity index (χ1n) is 34.3. The van der Waals surface area contributed by atoms with Gasteiger partial charge in [0, 0.05) is 12.8 Å². The Bertz CT molecular complexity index is 1620. The van der Waals surface area contributed by atoms with Crippen LogP contribution in [0.3, 0.4) is 0 Å². The lowest BCUT2D eigenvalue weighted by Gasteiger charge is -2.27. The molecule has 9 nitrogen and oxygen atoms in total. The molecule has 0 bridgehead atoms. The van der Waals surface area contributed by atoms with Crippen LogP contribution in [0, 0.1) is 0 Å². The molecule has 10 heteroatoms. The highest BCUT2D eigenvalue weighted by atomic mass is 31.2. The molecule has 2 N–H and O–H groups in total. The van der Waals surface area contributed by atoms with Crippen LogP contribution in [0.15, 0.2) is 72.9 Å². The number of nitrogens with zero attached hydrogens (tertiary/aromatic N) is 1. The summed E-state index contributed by atoms with van der Waals surface area (Å²) in [5.74, 6) is -0.518. The summed E-state index contributed by atoms with van der Waals surface area (Å²) in [4.78, 5) is 37.8. The van der Waals surface area contributed by atoms with Gasteiger partial charge in [-0.3, -0.25) is 18.6 Å². The van der Waals surface area contributed by atoms with Crippen molar-refractivity contribution in [3.05, 3.63) is 72.9 Å². The molecule has 0 aliphatic rings. The molecule has 0 saturated carbocycles. The van der Waals surface area contributed by atoms with Crippen molar-refractivity contribution in [2.24, 2.45) is 0 Å². The number of quaternary nitrogens is 1. The Hall–Kier alpha value is -2.55. The zero-order chi connectivity index (χ0) is 59.3. The summed E-state index contributed by atoms with van der Waals surface area (Å²) < 4.78 is 30.8. The van der Waals surface area contributed by atoms with Gasteiger partial charge in [-0.2, -0.15) is 0 Å². The number of nitrogens with one attached hydrogen (secondary N) is 1. The average Bonchev–Trinajstić information content (AvgIpc) is 3.44. The fourth-order valence-electron chi connectivity index (χ4n) is 9.91. The van der Waals surface area contributed by atoms with Gasteiger partial charge in [0.05, 0.1) is 33.8 Å². The van der Waals surface area contributed by atoms with Crippen molar-refractivity contribution in [3.8, 4) is 0 Å². The molecule has 472 valence electrons. The average molecular weight is 1160 g/mol. The highest BCUT2D eigenvalue weighted by Gasteiger charge is 2.30. The lowest BCUT2D eigenvalue weighted by Crippen LogP contribution is -2.47. The van der Waals surface area contributed by atoms with Crippen LogP contribution in [0.5, 0.6) is 0 Å². The highest BCUT2D eigenvalue weighted by molar-refractivity contribution is 7.47. The van der Waals surface area contributed by atoms with Gasteiger partial charge in [-0.05, 0) is 76.7 Å². The first-order valence-corrected chi connectivity index (χ1v) is 35.8. The van der Waals surface area contributed by atoms with Crippen molar-refractivity contribution in [2.45, 2.75) is 328 Å². The van der Waals surface area contributed by atoms with Gasteiger partial charge >= 0.3 is 13.8 Å². The minimum absolute atomic E-state index is 0.0350. The zero-order valence-electron chi connectivity index (χ0n) is 54.0. The minimum atomic E-state index is -4.46. The minimum Gasteiger partial charge on any atom is -0.456 e. The second-order valence-corrected chi connectivity index (χ2v) is 25.8. The highest BCUT2D eigenvalue weighted by Crippen LogP contribution is 2.43. The molecule has 0 spiro atoms. The first-order chi connectivity index (χ1) is 39.4. The maximum Gasteiger partial charge on any atom is 0.472 e. The van der Waals surface area contributed by atoms with Gasteiger partial charge in [0.2, 0.25) is 5.91 Å². The lowest BCUT2D eigenvalue weighted by atomic mass is 10.0. The van der Waals surface area contributed by atoms with Crippen LogP contribution in [-0.2, 0) is 27.9 Å². The molecule has 3 unspecified atom stereocenters. The molecule has 0 aromatic carbocycles. The van der Waals surface area contributed by atoms with Crippen LogP contribution in [0.25, 0.3) is 0 Å². The predicted molar refractivity (Wildman–Crippen MR) is 351 cm³/mol. The molecule has 0 aliphatic carbocycles. The Morgan fingerprint density at radius 3 is 1.19 bits per heavy atom. The van der Waals surface area contributed by atoms with Gasteiger partial charge in [-0.1, -0.05) is 299 Å². The van der Waals surface area contributed by atoms with E-state index in [2.05, 4.69) is 86.8 Å². The first kappa shape index (κ1) is 78.5. The van der Waals surface area contributed by atoms with Crippen LogP contribution < -0.4 is 5.32 Å². The summed E-state index contributed by atoms with van der Waals surface area (Å²) in [6.45, 7) is 6.91. The van der Waals surface area contributed by atoms with E-state index in [9.17, 15) is 19.0 Å². The van der Waals surface area contributed by atoms with Crippen molar-refractivity contribution < 1.29 is 37.3 Å². The van der Waals surface area contributed by atoms with Crippen LogP contribution in [0.1, 0.15) is 316 Å². The Labute approximate surface area is 502 Å². The third-order valence-corrected chi connectivity index (χ3v) is 16.1. The molecule has 0 fully saturated rings. The number of ether oxygens (including phenoxy) is 1. The Morgan fingerprint density at radius 2 is 0.790 bits per heavy atom. The summed E-state index contributed by atoms with van der Waals surface area (Å²) in [7, 11) is 1.48. The molecule has 0 radical (unpaired) electrons. The Balaban J connectivity index is 5.10. The van der Waals surface area contributed by atoms with E-state index in [0.29, 0.717) is 17.4 Å². The summed E-state index contributed by atoms with van der Waals surface area (Å²) in [6.07, 6.45) is 79.2. The Morgan fingerprint density at radius 1 is 0.444 bits per heavy atom. The van der Waals surface area contributed by atoms with Crippen LogP contribution in [0.2, 0.25) is 0 Å². The predicted octanol–water partition coefficient (Wildman–Crippen LogP) is 21.6. The number of esters is 1. The number of likely N-dealkylation sites (N-methyl/N-ethyl adjacent to an activating group) is 1. The van der Waals surface area contributed by atoms with Crippen LogP contribution in [0.4, 0.5) is 0 Å². The van der Waals surface area contributed by atoms with Crippen LogP contribution >= 0.6 is 7.82 Å². The van der Waals surface area contributed by atoms with E-state index < -0.39 is 20.0 Å². The maximum atomic E-state index is 13.6. The summed E-state index contributed by atoms with van der Waals surface area (Å²) in [5.41, 5.74) is 0. The summed E-state index contributed by atoms with van der Waals surface area (Å²) in [5, 5.41) is 3.06. The number of carbonyl (C=O) groups excluding carboxylic acids is 2. The molecule has 81 heavy (non-hydrogen) atoms. The number of allylic oxidation sites excluding steroid dienone is 11. The summed E-state index contributed by atoms with van der Waals surface area (Å²) in [6, 6.07) is -0.860. The van der Waals surface area contributed by atoms with E-state index in [1.807, 2.05) is 33.3 Å². The SMILES string of the molecule is CC/C=C\C/C=C\C/C=C\C/C=C\C/C=C\CCCCCCCC(=O)NC(COP(=O)(O)OCC[N+](C)(C)C)C(/C=C/CCCCCCCCCCC)OC(=O)CCCCCCCCCCCCCCCCCCCCCCCCC. The number of hydrogen-bond donors (Lipinski definition) is 2. The third kappa shape index (κ3) is 61.8. The molecule has 0 aromatic heterocycles. The standard InChI is InChI=1S/C71H131N2O7P/c1-7-10-13-16-19-22-25-27-29-31-33-35-36-38-40-42-44-46-49-52-55-58-61-64-71(75)80-69(62-59-56-53-50-47-24-21-18-15-12-9-3)68(67-79-81(76,77)78-66-65-73(4,5)6)72-70(74)63-60-57-54-51-48-45-43-41-39-37-34-32-30-28-26-23-20-17-14-11-8-2/h11,14,20,23,28,30,34,37,41,43,59,62,68-69H,7-10,12-13,15-19,21-22,24-27,29,31-33,35-36,38-40,42,44-58,60-61,63-67H2,1-6H3,(H-,72,74,76,77)/p+1/b14-11-,23-20-,30-28-,37-34-,43-41-,62-59+. The fourth-order valence-corrected chi connectivity index (χ4v) is 10.6. The quantitative estimate of drug-likeness (QED) is 0.0205. The van der Waals surface area contributed by atoms with Gasteiger partial charge in [-0.25, -0.2) is 4.57 Å². The molecule has 0 aromatic rings. The molecule has 0 aliphatic heterocycles.